The second-order valence-electron chi connectivity index (χ2n) is 11.8. The Bertz CT molecular complexity index is 1040. The Labute approximate surface area is 206 Å². The number of Topliss-reactive ketones (excluding diaryl/α,β-unsaturated/α-hetero) is 1. The molecule has 0 saturated heterocycles. The highest BCUT2D eigenvalue weighted by molar-refractivity contribution is 6.13. The van der Waals surface area contributed by atoms with Crippen molar-refractivity contribution in [1.29, 1.82) is 0 Å². The summed E-state index contributed by atoms with van der Waals surface area (Å²) in [5.41, 5.74) is 2.02. The van der Waals surface area contributed by atoms with E-state index < -0.39 is 18.5 Å². The number of para-hydroxylation sites is 1. The molecule has 0 radical (unpaired) electrons. The van der Waals surface area contributed by atoms with Crippen molar-refractivity contribution in [3.8, 4) is 0 Å². The van der Waals surface area contributed by atoms with Crippen LogP contribution in [0.1, 0.15) is 76.2 Å². The zero-order chi connectivity index (χ0) is 24.2. The van der Waals surface area contributed by atoms with Crippen molar-refractivity contribution in [2.45, 2.75) is 70.6 Å². The van der Waals surface area contributed by atoms with Crippen LogP contribution in [0.25, 0.3) is 0 Å². The number of nitrogens with zero attached hydrogens (tertiary/aromatic N) is 3. The Hall–Kier alpha value is -2.70. The number of benzene rings is 1. The van der Waals surface area contributed by atoms with Gasteiger partial charge < -0.3 is 5.11 Å². The van der Waals surface area contributed by atoms with Gasteiger partial charge in [0.05, 0.1) is 17.9 Å². The lowest BCUT2D eigenvalue weighted by Gasteiger charge is -2.56. The van der Waals surface area contributed by atoms with E-state index in [0.29, 0.717) is 23.4 Å². The first-order valence-corrected chi connectivity index (χ1v) is 13.4. The van der Waals surface area contributed by atoms with E-state index in [1.165, 1.54) is 30.6 Å². The quantitative estimate of drug-likeness (QED) is 0.618. The first kappa shape index (κ1) is 22.7. The predicted octanol–water partition coefficient (Wildman–Crippen LogP) is 5.08. The van der Waals surface area contributed by atoms with E-state index in [-0.39, 0.29) is 23.7 Å². The van der Waals surface area contributed by atoms with Crippen LogP contribution in [0.5, 0.6) is 0 Å². The summed E-state index contributed by atoms with van der Waals surface area (Å²) in [6, 6.07) is 7.18. The fraction of sp³-hybridized carbons (Fsp3) is 0.643. The fourth-order valence-corrected chi connectivity index (χ4v) is 8.22. The second-order valence-corrected chi connectivity index (χ2v) is 11.8. The van der Waals surface area contributed by atoms with Gasteiger partial charge >= 0.3 is 12.0 Å². The molecule has 7 nitrogen and oxygen atoms in total. The number of aliphatic carboxylic acids is 1. The molecule has 186 valence electrons. The number of carbonyl (C=O) groups excluding carboxylic acids is 2. The molecular weight excluding hydrogens is 442 g/mol. The number of carboxylic acid groups (broad SMARTS) is 1. The van der Waals surface area contributed by atoms with Crippen LogP contribution in [0.15, 0.2) is 29.4 Å². The number of ketones is 1. The van der Waals surface area contributed by atoms with Crippen LogP contribution >= 0.6 is 0 Å². The van der Waals surface area contributed by atoms with Gasteiger partial charge in [0, 0.05) is 16.9 Å². The average molecular weight is 478 g/mol. The van der Waals surface area contributed by atoms with Gasteiger partial charge in [0.15, 0.2) is 5.78 Å². The molecule has 1 aliphatic heterocycles. The maximum absolute atomic E-state index is 14.0. The molecule has 4 bridgehead atoms. The summed E-state index contributed by atoms with van der Waals surface area (Å²) in [6.07, 6.45) is 12.0. The van der Waals surface area contributed by atoms with Gasteiger partial charge in [-0.1, -0.05) is 37.5 Å². The number of anilines is 1. The maximum atomic E-state index is 14.0. The largest absolute Gasteiger partial charge is 0.480 e. The minimum absolute atomic E-state index is 0.00834. The van der Waals surface area contributed by atoms with Gasteiger partial charge in [-0.15, -0.1) is 0 Å². The lowest BCUT2D eigenvalue weighted by Crippen LogP contribution is -2.54. The number of hydrogen-bond donors (Lipinski definition) is 1. The molecule has 7 heteroatoms. The number of fused-ring (bicyclic) bond motifs is 1. The number of rotatable bonds is 6. The van der Waals surface area contributed by atoms with E-state index in [1.54, 1.807) is 0 Å². The van der Waals surface area contributed by atoms with Crippen molar-refractivity contribution >= 4 is 29.2 Å². The van der Waals surface area contributed by atoms with Crippen LogP contribution in [0.4, 0.5) is 10.5 Å². The maximum Gasteiger partial charge on any atom is 0.345 e. The van der Waals surface area contributed by atoms with Crippen molar-refractivity contribution in [3.05, 3.63) is 29.8 Å². The Balaban J connectivity index is 1.36. The van der Waals surface area contributed by atoms with Crippen molar-refractivity contribution in [1.82, 2.24) is 5.01 Å². The highest BCUT2D eigenvalue weighted by Crippen LogP contribution is 2.60. The predicted molar refractivity (Wildman–Crippen MR) is 132 cm³/mol. The molecule has 35 heavy (non-hydrogen) atoms. The second kappa shape index (κ2) is 8.75. The molecule has 0 spiro atoms. The lowest BCUT2D eigenvalue weighted by atomic mass is 9.48. The number of amides is 2. The number of carbonyl (C=O) groups is 3. The Morgan fingerprint density at radius 2 is 1.57 bits per heavy atom. The first-order chi connectivity index (χ1) is 16.9. The van der Waals surface area contributed by atoms with Crippen molar-refractivity contribution in [2.75, 3.05) is 18.0 Å². The molecular formula is C28H35N3O4. The minimum Gasteiger partial charge on any atom is -0.480 e. The third kappa shape index (κ3) is 4.07. The molecule has 0 unspecified atom stereocenters. The van der Waals surface area contributed by atoms with Gasteiger partial charge in [-0.2, -0.15) is 5.10 Å². The monoisotopic (exact) mass is 477 g/mol. The standard InChI is InChI=1S/C28H35N3O4/c32-24(28-13-18-10-19(14-28)12-20(11-18)15-28)16-30-23-9-5-4-8-22(23)26(21-6-2-1-3-7-21)29-31(27(30)35)17-25(33)34/h4-5,8-9,18-21H,1-3,6-7,10-17H2,(H,33,34). The number of hydrazone groups is 1. The van der Waals surface area contributed by atoms with Gasteiger partial charge in [0.2, 0.25) is 0 Å². The third-order valence-corrected chi connectivity index (χ3v) is 9.36. The number of carboxylic acids is 1. The lowest BCUT2D eigenvalue weighted by molar-refractivity contribution is -0.142. The third-order valence-electron chi connectivity index (χ3n) is 9.36. The molecule has 5 aliphatic carbocycles. The first-order valence-electron chi connectivity index (χ1n) is 13.4. The molecule has 6 aliphatic rings. The smallest absolute Gasteiger partial charge is 0.345 e. The zero-order valence-corrected chi connectivity index (χ0v) is 20.3. The molecule has 1 aromatic rings. The topological polar surface area (TPSA) is 90.3 Å². The van der Waals surface area contributed by atoms with Gasteiger partial charge in [0.1, 0.15) is 6.54 Å². The SMILES string of the molecule is O=C(O)CN1N=C(C2CCCCC2)c2ccccc2N(CC(=O)C23CC4CC(CC(C4)C2)C3)C1=O. The summed E-state index contributed by atoms with van der Waals surface area (Å²) >= 11 is 0. The van der Waals surface area contributed by atoms with Crippen LogP contribution < -0.4 is 4.90 Å². The molecule has 5 fully saturated rings. The Morgan fingerprint density at radius 3 is 2.20 bits per heavy atom. The summed E-state index contributed by atoms with van der Waals surface area (Å²) in [6.45, 7) is -0.517. The fourth-order valence-electron chi connectivity index (χ4n) is 8.22. The van der Waals surface area contributed by atoms with Gasteiger partial charge in [-0.25, -0.2) is 9.80 Å². The molecule has 5 saturated carbocycles. The molecule has 1 N–H and O–H groups in total. The molecule has 1 heterocycles. The van der Waals surface area contributed by atoms with Gasteiger partial charge in [0.25, 0.3) is 0 Å². The van der Waals surface area contributed by atoms with E-state index in [4.69, 9.17) is 0 Å². The van der Waals surface area contributed by atoms with E-state index >= 15 is 0 Å². The van der Waals surface area contributed by atoms with Crippen molar-refractivity contribution in [2.24, 2.45) is 34.2 Å². The zero-order valence-electron chi connectivity index (χ0n) is 20.3. The highest BCUT2D eigenvalue weighted by Gasteiger charge is 2.54. The molecule has 7 rings (SSSR count). The summed E-state index contributed by atoms with van der Waals surface area (Å²) in [5.74, 6) is 1.15. The summed E-state index contributed by atoms with van der Waals surface area (Å²) < 4.78 is 0. The van der Waals surface area contributed by atoms with Crippen molar-refractivity contribution in [3.63, 3.8) is 0 Å². The molecule has 2 amide bonds. The van der Waals surface area contributed by atoms with E-state index in [2.05, 4.69) is 5.10 Å². The normalized spacial score (nSPS) is 32.3. The van der Waals surface area contributed by atoms with Crippen LogP contribution in [0.2, 0.25) is 0 Å². The van der Waals surface area contributed by atoms with Crippen LogP contribution in [0, 0.1) is 29.1 Å². The van der Waals surface area contributed by atoms with E-state index in [1.807, 2.05) is 24.3 Å². The minimum atomic E-state index is -1.11. The van der Waals surface area contributed by atoms with Crippen molar-refractivity contribution < 1.29 is 19.5 Å². The Kier molecular flexibility index (Phi) is 5.69. The Morgan fingerprint density at radius 1 is 0.943 bits per heavy atom. The van der Waals surface area contributed by atoms with E-state index in [9.17, 15) is 19.5 Å². The van der Waals surface area contributed by atoms with Crippen LogP contribution in [-0.4, -0.2) is 46.7 Å². The van der Waals surface area contributed by atoms with Crippen LogP contribution in [-0.2, 0) is 9.59 Å². The molecule has 1 aromatic carbocycles. The van der Waals surface area contributed by atoms with Gasteiger partial charge in [-0.05, 0) is 75.2 Å². The molecule has 0 atom stereocenters. The van der Waals surface area contributed by atoms with Crippen LogP contribution in [0.3, 0.4) is 0 Å². The molecule has 0 aromatic heterocycles. The summed E-state index contributed by atoms with van der Waals surface area (Å²) in [7, 11) is 0. The summed E-state index contributed by atoms with van der Waals surface area (Å²) in [4.78, 5) is 41.0. The number of hydrogen-bond acceptors (Lipinski definition) is 4. The van der Waals surface area contributed by atoms with Gasteiger partial charge in [-0.3, -0.25) is 14.5 Å². The average Bonchev–Trinajstić information content (AvgIpc) is 2.94. The number of urea groups is 1. The highest BCUT2D eigenvalue weighted by atomic mass is 16.4. The van der Waals surface area contributed by atoms with E-state index in [0.717, 1.165) is 61.2 Å². The summed E-state index contributed by atoms with van der Waals surface area (Å²) in [5, 5.41) is 15.3.